The number of ether oxygens (including phenoxy) is 1. The smallest absolute Gasteiger partial charge is 0.305 e. The normalized spacial score (nSPS) is 12.7. The Kier molecular flexibility index (Phi) is 59.5. The standard InChI is InChI=1S/C65H125NO5/c1-3-5-7-9-11-13-15-35-39-43-47-51-55-59-65(70)71-60-56-52-48-44-40-37-34-32-30-28-26-24-22-20-18-16-17-19-21-23-25-27-29-31-33-36-38-42-46-50-54-58-64(69)66-62(61-67)63(68)57-53-49-45-41-14-12-10-8-6-4-2/h13,15,53,57,62-63,67-68H,3-12,14,16-52,54-56,58-61H2,1-2H3,(H,66,69)/b15-13-,57-53+. The van der Waals surface area contributed by atoms with Crippen molar-refractivity contribution in [3.05, 3.63) is 24.3 Å². The van der Waals surface area contributed by atoms with Gasteiger partial charge in [0.25, 0.3) is 0 Å². The second kappa shape index (κ2) is 60.9. The fraction of sp³-hybridized carbons (Fsp3) is 0.908. The van der Waals surface area contributed by atoms with Crippen LogP contribution in [0, 0.1) is 0 Å². The zero-order valence-corrected chi connectivity index (χ0v) is 48.0. The molecule has 0 aromatic rings. The third kappa shape index (κ3) is 57.5. The maximum Gasteiger partial charge on any atom is 0.305 e. The molecule has 0 bridgehead atoms. The summed E-state index contributed by atoms with van der Waals surface area (Å²) in [5.41, 5.74) is 0. The predicted octanol–water partition coefficient (Wildman–Crippen LogP) is 20.2. The second-order valence-electron chi connectivity index (χ2n) is 22.1. The van der Waals surface area contributed by atoms with Gasteiger partial charge < -0.3 is 20.3 Å². The molecular formula is C65H125NO5. The highest BCUT2D eigenvalue weighted by molar-refractivity contribution is 5.76. The van der Waals surface area contributed by atoms with Gasteiger partial charge in [-0.05, 0) is 57.8 Å². The van der Waals surface area contributed by atoms with E-state index >= 15 is 0 Å². The number of unbranched alkanes of at least 4 members (excludes halogenated alkanes) is 47. The molecule has 0 aliphatic rings. The zero-order valence-electron chi connectivity index (χ0n) is 48.0. The van der Waals surface area contributed by atoms with Gasteiger partial charge in [0, 0.05) is 12.8 Å². The molecular weight excluding hydrogens is 875 g/mol. The van der Waals surface area contributed by atoms with Crippen LogP contribution in [-0.2, 0) is 14.3 Å². The number of esters is 1. The van der Waals surface area contributed by atoms with Gasteiger partial charge in [-0.3, -0.25) is 9.59 Å². The molecule has 0 radical (unpaired) electrons. The number of hydrogen-bond donors (Lipinski definition) is 3. The molecule has 0 saturated heterocycles. The summed E-state index contributed by atoms with van der Waals surface area (Å²) in [5, 5.41) is 23.0. The second-order valence-corrected chi connectivity index (χ2v) is 22.1. The Labute approximate surface area is 443 Å². The Morgan fingerprint density at radius 2 is 0.662 bits per heavy atom. The van der Waals surface area contributed by atoms with Gasteiger partial charge in [0.05, 0.1) is 25.4 Å². The molecule has 71 heavy (non-hydrogen) atoms. The molecule has 2 atom stereocenters. The summed E-state index contributed by atoms with van der Waals surface area (Å²) >= 11 is 0. The Hall–Kier alpha value is -1.66. The zero-order chi connectivity index (χ0) is 51.4. The van der Waals surface area contributed by atoms with Crippen LogP contribution in [0.25, 0.3) is 0 Å². The number of aliphatic hydroxyl groups excluding tert-OH is 2. The average molecular weight is 1000 g/mol. The highest BCUT2D eigenvalue weighted by Gasteiger charge is 2.18. The molecule has 6 nitrogen and oxygen atoms in total. The first kappa shape index (κ1) is 69.3. The molecule has 3 N–H and O–H groups in total. The average Bonchev–Trinajstić information content (AvgIpc) is 3.37. The van der Waals surface area contributed by atoms with E-state index in [-0.39, 0.29) is 18.5 Å². The summed E-state index contributed by atoms with van der Waals surface area (Å²) in [6.45, 7) is 4.89. The highest BCUT2D eigenvalue weighted by Crippen LogP contribution is 2.18. The number of nitrogens with one attached hydrogen (secondary N) is 1. The van der Waals surface area contributed by atoms with Gasteiger partial charge in [0.15, 0.2) is 0 Å². The molecule has 0 aliphatic carbocycles. The Bertz CT molecular complexity index is 1110. The van der Waals surface area contributed by atoms with Crippen LogP contribution in [-0.4, -0.2) is 47.4 Å². The van der Waals surface area contributed by atoms with Crippen molar-refractivity contribution in [3.8, 4) is 0 Å². The van der Waals surface area contributed by atoms with E-state index in [9.17, 15) is 19.8 Å². The molecule has 0 aliphatic heterocycles. The van der Waals surface area contributed by atoms with Gasteiger partial charge in [-0.1, -0.05) is 308 Å². The number of allylic oxidation sites excluding steroid dienone is 3. The van der Waals surface area contributed by atoms with E-state index in [1.807, 2.05) is 6.08 Å². The lowest BCUT2D eigenvalue weighted by Crippen LogP contribution is -2.45. The topological polar surface area (TPSA) is 95.9 Å². The Morgan fingerprint density at radius 3 is 1.01 bits per heavy atom. The fourth-order valence-corrected chi connectivity index (χ4v) is 10.0. The number of amides is 1. The molecule has 0 spiro atoms. The van der Waals surface area contributed by atoms with Crippen LogP contribution < -0.4 is 5.32 Å². The van der Waals surface area contributed by atoms with Crippen LogP contribution >= 0.6 is 0 Å². The third-order valence-electron chi connectivity index (χ3n) is 15.0. The summed E-state index contributed by atoms with van der Waals surface area (Å²) < 4.78 is 5.48. The molecule has 1 amide bonds. The molecule has 420 valence electrons. The van der Waals surface area contributed by atoms with Gasteiger partial charge >= 0.3 is 5.97 Å². The number of carbonyl (C=O) groups is 2. The minimum atomic E-state index is -0.839. The molecule has 0 aromatic heterocycles. The predicted molar refractivity (Wildman–Crippen MR) is 310 cm³/mol. The van der Waals surface area contributed by atoms with Crippen molar-refractivity contribution >= 4 is 11.9 Å². The highest BCUT2D eigenvalue weighted by atomic mass is 16.5. The van der Waals surface area contributed by atoms with E-state index in [0.29, 0.717) is 19.4 Å². The first-order valence-corrected chi connectivity index (χ1v) is 32.1. The number of aliphatic hydroxyl groups is 2. The summed E-state index contributed by atoms with van der Waals surface area (Å²) in [5.74, 6) is -0.0533. The lowest BCUT2D eigenvalue weighted by molar-refractivity contribution is -0.143. The maximum atomic E-state index is 12.4. The van der Waals surface area contributed by atoms with Crippen molar-refractivity contribution in [1.82, 2.24) is 5.32 Å². The Morgan fingerprint density at radius 1 is 0.380 bits per heavy atom. The number of carbonyl (C=O) groups excluding carboxylic acids is 2. The third-order valence-corrected chi connectivity index (χ3v) is 15.0. The van der Waals surface area contributed by atoms with Crippen LogP contribution in [0.4, 0.5) is 0 Å². The summed E-state index contributed by atoms with van der Waals surface area (Å²) in [4.78, 5) is 24.4. The van der Waals surface area contributed by atoms with Crippen LogP contribution in [0.2, 0.25) is 0 Å². The van der Waals surface area contributed by atoms with Crippen molar-refractivity contribution in [3.63, 3.8) is 0 Å². The van der Waals surface area contributed by atoms with E-state index in [1.165, 1.54) is 283 Å². The molecule has 0 heterocycles. The quantitative estimate of drug-likeness (QED) is 0.0320. The lowest BCUT2D eigenvalue weighted by atomic mass is 10.0. The summed E-state index contributed by atoms with van der Waals surface area (Å²) in [7, 11) is 0. The van der Waals surface area contributed by atoms with Gasteiger partial charge in [-0.2, -0.15) is 0 Å². The molecule has 0 saturated carbocycles. The molecule has 6 heteroatoms. The van der Waals surface area contributed by atoms with Crippen molar-refractivity contribution in [2.24, 2.45) is 0 Å². The molecule has 0 aromatic carbocycles. The van der Waals surface area contributed by atoms with Crippen molar-refractivity contribution in [1.29, 1.82) is 0 Å². The van der Waals surface area contributed by atoms with Gasteiger partial charge in [-0.15, -0.1) is 0 Å². The lowest BCUT2D eigenvalue weighted by Gasteiger charge is -2.20. The minimum Gasteiger partial charge on any atom is -0.466 e. The maximum absolute atomic E-state index is 12.4. The van der Waals surface area contributed by atoms with Gasteiger partial charge in [0.1, 0.15) is 0 Å². The van der Waals surface area contributed by atoms with E-state index in [4.69, 9.17) is 4.74 Å². The SMILES string of the molecule is CCCCCC/C=C\CCCCCCCC(=O)OCCCCCCCCCCCCCCCCCCCCCCCCCCCCCCCCCC(=O)NC(CO)C(O)/C=C/CCCCCCCCCC. The van der Waals surface area contributed by atoms with E-state index in [1.54, 1.807) is 6.08 Å². The van der Waals surface area contributed by atoms with Crippen molar-refractivity contribution in [2.75, 3.05) is 13.2 Å². The molecule has 0 rings (SSSR count). The largest absolute Gasteiger partial charge is 0.466 e. The van der Waals surface area contributed by atoms with Crippen LogP contribution in [0.5, 0.6) is 0 Å². The molecule has 0 fully saturated rings. The Balaban J connectivity index is 3.31. The van der Waals surface area contributed by atoms with E-state index in [2.05, 4.69) is 31.3 Å². The first-order valence-electron chi connectivity index (χ1n) is 32.1. The van der Waals surface area contributed by atoms with Crippen molar-refractivity contribution in [2.45, 2.75) is 366 Å². The van der Waals surface area contributed by atoms with Gasteiger partial charge in [0.2, 0.25) is 5.91 Å². The summed E-state index contributed by atoms with van der Waals surface area (Å²) in [6.07, 6.45) is 75.4. The van der Waals surface area contributed by atoms with E-state index < -0.39 is 12.1 Å². The fourth-order valence-electron chi connectivity index (χ4n) is 10.0. The first-order chi connectivity index (χ1) is 35.0. The summed E-state index contributed by atoms with van der Waals surface area (Å²) in [6, 6.07) is -0.622. The van der Waals surface area contributed by atoms with Crippen molar-refractivity contribution < 1.29 is 24.5 Å². The van der Waals surface area contributed by atoms with Crippen LogP contribution in [0.3, 0.4) is 0 Å². The van der Waals surface area contributed by atoms with Gasteiger partial charge in [-0.25, -0.2) is 0 Å². The monoisotopic (exact) mass is 1000 g/mol. The number of hydrogen-bond acceptors (Lipinski definition) is 5. The number of rotatable bonds is 60. The van der Waals surface area contributed by atoms with Crippen LogP contribution in [0.1, 0.15) is 354 Å². The van der Waals surface area contributed by atoms with E-state index in [0.717, 1.165) is 44.9 Å². The minimum absolute atomic E-state index is 0.0112. The van der Waals surface area contributed by atoms with Crippen LogP contribution in [0.15, 0.2) is 24.3 Å². The molecule has 2 unspecified atom stereocenters.